The second-order valence-electron chi connectivity index (χ2n) is 15.2. The molecule has 14 nitrogen and oxygen atoms in total. The van der Waals surface area contributed by atoms with Gasteiger partial charge in [0.25, 0.3) is 0 Å². The van der Waals surface area contributed by atoms with E-state index >= 15 is 0 Å². The Hall–Kier alpha value is -5.65. The monoisotopic (exact) mass is 762 g/mol. The SMILES string of the molecule is C=CCC(NC(=O)O)C(O)N1CCCC1c1nc2ccc(C#Cc3ccc4c(c3)CCCc3[nH]c(C5CCCN5C(=O)C(NC(=O)OC)C(C)C)nc3-4)cc2[nH]1. The van der Waals surface area contributed by atoms with Crippen molar-refractivity contribution in [2.24, 2.45) is 5.92 Å². The molecule has 0 spiro atoms. The molecule has 1 aliphatic carbocycles. The van der Waals surface area contributed by atoms with Crippen LogP contribution in [0.2, 0.25) is 0 Å². The molecule has 2 aliphatic heterocycles. The van der Waals surface area contributed by atoms with E-state index in [1.165, 1.54) is 12.7 Å². The lowest BCUT2D eigenvalue weighted by Crippen LogP contribution is -2.51. The van der Waals surface area contributed by atoms with Gasteiger partial charge in [-0.15, -0.1) is 6.58 Å². The molecule has 56 heavy (non-hydrogen) atoms. The number of rotatable bonds is 10. The Kier molecular flexibility index (Phi) is 11.5. The van der Waals surface area contributed by atoms with E-state index in [2.05, 4.69) is 51.2 Å². The van der Waals surface area contributed by atoms with Crippen molar-refractivity contribution in [1.29, 1.82) is 0 Å². The average molecular weight is 763 g/mol. The Morgan fingerprint density at radius 3 is 2.46 bits per heavy atom. The first-order valence-electron chi connectivity index (χ1n) is 19.5. The lowest BCUT2D eigenvalue weighted by Gasteiger charge is -2.33. The number of aryl methyl sites for hydroxylation is 2. The van der Waals surface area contributed by atoms with Crippen LogP contribution in [-0.2, 0) is 22.4 Å². The van der Waals surface area contributed by atoms with Gasteiger partial charge in [-0.2, -0.15) is 0 Å². The number of alkyl carbamates (subject to hydrolysis) is 1. The third-order valence-corrected chi connectivity index (χ3v) is 11.2. The van der Waals surface area contributed by atoms with E-state index < -0.39 is 30.5 Å². The number of likely N-dealkylation sites (tertiary alicyclic amines) is 2. The van der Waals surface area contributed by atoms with Crippen LogP contribution < -0.4 is 10.6 Å². The van der Waals surface area contributed by atoms with E-state index in [4.69, 9.17) is 14.7 Å². The van der Waals surface area contributed by atoms with E-state index in [-0.39, 0.29) is 23.9 Å². The van der Waals surface area contributed by atoms with Crippen LogP contribution in [0.15, 0.2) is 49.1 Å². The summed E-state index contributed by atoms with van der Waals surface area (Å²) in [5.74, 6) is 7.94. The second-order valence-corrected chi connectivity index (χ2v) is 15.2. The molecule has 3 aliphatic rings. The molecule has 0 saturated carbocycles. The van der Waals surface area contributed by atoms with Gasteiger partial charge < -0.3 is 40.5 Å². The van der Waals surface area contributed by atoms with Crippen molar-refractivity contribution in [3.63, 3.8) is 0 Å². The van der Waals surface area contributed by atoms with Gasteiger partial charge in [0.05, 0.1) is 42.0 Å². The summed E-state index contributed by atoms with van der Waals surface area (Å²) >= 11 is 0. The summed E-state index contributed by atoms with van der Waals surface area (Å²) in [5.41, 5.74) is 7.60. The number of ether oxygens (including phenoxy) is 1. The van der Waals surface area contributed by atoms with Gasteiger partial charge in [0, 0.05) is 35.5 Å². The molecular formula is C42H50N8O6. The number of methoxy groups -OCH3 is 1. The van der Waals surface area contributed by atoms with Crippen LogP contribution in [0.1, 0.15) is 98.5 Å². The quantitative estimate of drug-likeness (QED) is 0.0889. The van der Waals surface area contributed by atoms with Crippen molar-refractivity contribution in [2.75, 3.05) is 20.2 Å². The lowest BCUT2D eigenvalue weighted by molar-refractivity contribution is -0.135. The first-order valence-corrected chi connectivity index (χ1v) is 19.5. The first kappa shape index (κ1) is 38.6. The molecule has 294 valence electrons. The summed E-state index contributed by atoms with van der Waals surface area (Å²) < 4.78 is 4.79. The molecule has 2 saturated heterocycles. The van der Waals surface area contributed by atoms with Gasteiger partial charge in [-0.05, 0) is 93.2 Å². The average Bonchev–Trinajstić information content (AvgIpc) is 4.00. The minimum Gasteiger partial charge on any atom is -0.465 e. The highest BCUT2D eigenvalue weighted by Crippen LogP contribution is 2.37. The van der Waals surface area contributed by atoms with Crippen LogP contribution in [0.5, 0.6) is 0 Å². The molecule has 4 aromatic rings. The molecular weight excluding hydrogens is 713 g/mol. The van der Waals surface area contributed by atoms with E-state index in [1.54, 1.807) is 6.08 Å². The molecule has 2 fully saturated rings. The predicted molar refractivity (Wildman–Crippen MR) is 210 cm³/mol. The van der Waals surface area contributed by atoms with Crippen molar-refractivity contribution >= 4 is 29.1 Å². The summed E-state index contributed by atoms with van der Waals surface area (Å²) in [5, 5.41) is 25.6. The van der Waals surface area contributed by atoms with Gasteiger partial charge >= 0.3 is 12.2 Å². The number of nitrogens with zero attached hydrogens (tertiary/aromatic N) is 4. The minimum absolute atomic E-state index is 0.107. The molecule has 14 heteroatoms. The molecule has 4 heterocycles. The van der Waals surface area contributed by atoms with Crippen LogP contribution in [0.25, 0.3) is 22.3 Å². The number of hydrogen-bond acceptors (Lipinski definition) is 8. The van der Waals surface area contributed by atoms with Gasteiger partial charge in [-0.1, -0.05) is 37.8 Å². The van der Waals surface area contributed by atoms with E-state index in [1.807, 2.05) is 47.9 Å². The highest BCUT2D eigenvalue weighted by atomic mass is 16.5. The Bertz CT molecular complexity index is 2180. The Balaban J connectivity index is 1.08. The van der Waals surface area contributed by atoms with Crippen LogP contribution >= 0.6 is 0 Å². The second kappa shape index (κ2) is 16.6. The van der Waals surface area contributed by atoms with Gasteiger partial charge in [0.1, 0.15) is 23.9 Å². The molecule has 6 N–H and O–H groups in total. The zero-order valence-electron chi connectivity index (χ0n) is 32.1. The number of benzene rings is 2. The number of aromatic nitrogens is 4. The molecule has 3 amide bonds. The maximum absolute atomic E-state index is 13.7. The summed E-state index contributed by atoms with van der Waals surface area (Å²) in [4.78, 5) is 57.8. The predicted octanol–water partition coefficient (Wildman–Crippen LogP) is 5.55. The van der Waals surface area contributed by atoms with Gasteiger partial charge in [-0.25, -0.2) is 19.6 Å². The first-order chi connectivity index (χ1) is 27.0. The summed E-state index contributed by atoms with van der Waals surface area (Å²) in [6, 6.07) is 10.4. The highest BCUT2D eigenvalue weighted by Gasteiger charge is 2.39. The van der Waals surface area contributed by atoms with Crippen molar-refractivity contribution in [2.45, 2.75) is 95.6 Å². The van der Waals surface area contributed by atoms with Crippen molar-refractivity contribution in [3.8, 4) is 23.1 Å². The fourth-order valence-corrected chi connectivity index (χ4v) is 8.38. The Morgan fingerprint density at radius 2 is 1.71 bits per heavy atom. The largest absolute Gasteiger partial charge is 0.465 e. The number of imidazole rings is 2. The third kappa shape index (κ3) is 8.01. The Labute approximate surface area is 326 Å². The maximum atomic E-state index is 13.7. The lowest BCUT2D eigenvalue weighted by atomic mass is 9.99. The molecule has 5 unspecified atom stereocenters. The number of nitrogens with one attached hydrogen (secondary N) is 4. The third-order valence-electron chi connectivity index (χ3n) is 11.2. The number of H-pyrrole nitrogens is 2. The maximum Gasteiger partial charge on any atom is 0.407 e. The highest BCUT2D eigenvalue weighted by molar-refractivity contribution is 5.86. The van der Waals surface area contributed by atoms with E-state index in [0.717, 1.165) is 95.7 Å². The van der Waals surface area contributed by atoms with E-state index in [9.17, 15) is 24.6 Å². The molecule has 0 radical (unpaired) electrons. The number of carbonyl (C=O) groups is 3. The summed E-state index contributed by atoms with van der Waals surface area (Å²) in [7, 11) is 1.30. The van der Waals surface area contributed by atoms with Crippen LogP contribution in [0, 0.1) is 17.8 Å². The fraction of sp³-hybridized carbons (Fsp3) is 0.452. The number of aromatic amines is 2. The van der Waals surface area contributed by atoms with Gasteiger partial charge in [-0.3, -0.25) is 9.69 Å². The van der Waals surface area contributed by atoms with Crippen molar-refractivity contribution < 1.29 is 29.3 Å². The standard InChI is InChI=1S/C42H50N8O6/c1-5-9-31(46-41(53)54)39(51)49-20-7-12-33(49)37-43-29-19-17-26(23-32(29)45-37)15-14-25-16-18-28-27(22-25)10-6-11-30-36(28)47-38(44-30)34-13-8-21-50(34)40(52)35(24(2)3)48-42(55)56-4/h5,16-19,22-24,31,33-35,39,46,51H,1,6-13,20-21H2,2-4H3,(H,43,45)(H,44,47)(H,48,55)(H,53,54). The summed E-state index contributed by atoms with van der Waals surface area (Å²) in [6.07, 6.45) is 5.03. The van der Waals surface area contributed by atoms with Crippen molar-refractivity contribution in [1.82, 2.24) is 40.4 Å². The van der Waals surface area contributed by atoms with Gasteiger partial charge in [0.15, 0.2) is 0 Å². The molecule has 2 aromatic heterocycles. The topological polar surface area (TPSA) is 189 Å². The zero-order valence-corrected chi connectivity index (χ0v) is 32.1. The number of carboxylic acid groups (broad SMARTS) is 1. The molecule has 0 bridgehead atoms. The van der Waals surface area contributed by atoms with Crippen LogP contribution in [-0.4, -0.2) is 96.6 Å². The summed E-state index contributed by atoms with van der Waals surface area (Å²) in [6.45, 7) is 8.75. The number of hydrogen-bond donors (Lipinski definition) is 6. The number of aliphatic hydroxyl groups is 1. The smallest absolute Gasteiger partial charge is 0.407 e. The van der Waals surface area contributed by atoms with Crippen molar-refractivity contribution in [3.05, 3.63) is 83.1 Å². The number of aliphatic hydroxyl groups excluding tert-OH is 1. The Morgan fingerprint density at radius 1 is 0.982 bits per heavy atom. The number of amides is 3. The van der Waals surface area contributed by atoms with Crippen LogP contribution in [0.3, 0.4) is 0 Å². The number of fused-ring (bicyclic) bond motifs is 4. The molecule has 7 rings (SSSR count). The zero-order chi connectivity index (χ0) is 39.5. The minimum atomic E-state index is -1.19. The molecule has 2 aromatic carbocycles. The number of carbonyl (C=O) groups excluding carboxylic acids is 2. The fourth-order valence-electron chi connectivity index (χ4n) is 8.38. The van der Waals surface area contributed by atoms with Gasteiger partial charge in [0.2, 0.25) is 5.91 Å². The normalized spacial score (nSPS) is 19.6. The van der Waals surface area contributed by atoms with Crippen LogP contribution in [0.4, 0.5) is 9.59 Å². The van der Waals surface area contributed by atoms with E-state index in [0.29, 0.717) is 19.5 Å². The molecule has 5 atom stereocenters.